The largest absolute Gasteiger partial charge is 0.352 e. The predicted octanol–water partition coefficient (Wildman–Crippen LogP) is 4.81. The van der Waals surface area contributed by atoms with Crippen molar-refractivity contribution in [3.8, 4) is 0 Å². The number of para-hydroxylation sites is 1. The number of benzene rings is 3. The Morgan fingerprint density at radius 2 is 1.79 bits per heavy atom. The van der Waals surface area contributed by atoms with Gasteiger partial charge >= 0.3 is 0 Å². The molecule has 0 spiro atoms. The minimum atomic E-state index is -0.867. The van der Waals surface area contributed by atoms with E-state index in [1.807, 2.05) is 92.7 Å². The van der Waals surface area contributed by atoms with Gasteiger partial charge in [-0.1, -0.05) is 73.3 Å². The van der Waals surface area contributed by atoms with Crippen molar-refractivity contribution in [1.29, 1.82) is 0 Å². The Balaban J connectivity index is 1.34. The van der Waals surface area contributed by atoms with Crippen LogP contribution < -0.4 is 10.6 Å². The number of hydrogen-bond donors (Lipinski definition) is 2. The lowest BCUT2D eigenvalue weighted by Gasteiger charge is -2.27. The van der Waals surface area contributed by atoms with Crippen LogP contribution in [0.3, 0.4) is 0 Å². The zero-order valence-electron chi connectivity index (χ0n) is 21.8. The number of rotatable bonds is 8. The molecule has 3 amide bonds. The maximum absolute atomic E-state index is 13.6. The van der Waals surface area contributed by atoms with Crippen LogP contribution in [-0.2, 0) is 20.9 Å². The second-order valence-corrected chi connectivity index (χ2v) is 10.6. The summed E-state index contributed by atoms with van der Waals surface area (Å²) in [7, 11) is 0. The van der Waals surface area contributed by atoms with Crippen molar-refractivity contribution >= 4 is 51.9 Å². The summed E-state index contributed by atoms with van der Waals surface area (Å²) < 4.78 is 0. The number of thioether (sulfide) groups is 1. The fourth-order valence-electron chi connectivity index (χ4n) is 4.45. The molecule has 0 aliphatic carbocycles. The van der Waals surface area contributed by atoms with Gasteiger partial charge in [-0.3, -0.25) is 19.4 Å². The summed E-state index contributed by atoms with van der Waals surface area (Å²) in [6.45, 7) is 4.26. The van der Waals surface area contributed by atoms with Crippen molar-refractivity contribution in [2.45, 2.75) is 44.5 Å². The van der Waals surface area contributed by atoms with Gasteiger partial charge in [-0.05, 0) is 48.7 Å². The number of aryl methyl sites for hydroxylation is 1. The van der Waals surface area contributed by atoms with E-state index in [0.717, 1.165) is 22.4 Å². The van der Waals surface area contributed by atoms with Crippen molar-refractivity contribution in [2.75, 3.05) is 5.32 Å². The normalized spacial score (nSPS) is 16.5. The van der Waals surface area contributed by atoms with Crippen LogP contribution in [0.25, 0.3) is 0 Å². The van der Waals surface area contributed by atoms with Crippen LogP contribution in [-0.4, -0.2) is 44.9 Å². The minimum Gasteiger partial charge on any atom is -0.352 e. The van der Waals surface area contributed by atoms with E-state index in [2.05, 4.69) is 15.6 Å². The van der Waals surface area contributed by atoms with Gasteiger partial charge in [0.05, 0.1) is 17.4 Å². The number of carbonyl (C=O) groups is 3. The molecular formula is C30H29N5O3S. The second-order valence-electron chi connectivity index (χ2n) is 9.39. The lowest BCUT2D eigenvalue weighted by Crippen LogP contribution is -2.43. The van der Waals surface area contributed by atoms with Gasteiger partial charge in [0.25, 0.3) is 5.91 Å². The maximum atomic E-state index is 13.6. The van der Waals surface area contributed by atoms with Gasteiger partial charge < -0.3 is 10.6 Å². The van der Waals surface area contributed by atoms with Gasteiger partial charge in [0.2, 0.25) is 11.8 Å². The van der Waals surface area contributed by atoms with Crippen LogP contribution in [0.1, 0.15) is 36.5 Å². The molecule has 3 aromatic rings. The Morgan fingerprint density at radius 3 is 2.56 bits per heavy atom. The van der Waals surface area contributed by atoms with Crippen molar-refractivity contribution < 1.29 is 14.4 Å². The zero-order valence-corrected chi connectivity index (χ0v) is 22.6. The quantitative estimate of drug-likeness (QED) is 0.429. The molecule has 5 rings (SSSR count). The smallest absolute Gasteiger partial charge is 0.259 e. The number of aliphatic imine (C=N–C) groups is 2. The number of amidine groups is 2. The molecule has 0 saturated heterocycles. The summed E-state index contributed by atoms with van der Waals surface area (Å²) in [6.07, 6.45) is 0.458. The monoisotopic (exact) mass is 539 g/mol. The van der Waals surface area contributed by atoms with E-state index in [9.17, 15) is 14.4 Å². The van der Waals surface area contributed by atoms with Crippen LogP contribution >= 0.6 is 11.8 Å². The molecule has 0 bridgehead atoms. The molecule has 2 aliphatic heterocycles. The zero-order chi connectivity index (χ0) is 27.4. The van der Waals surface area contributed by atoms with E-state index in [1.165, 1.54) is 16.7 Å². The van der Waals surface area contributed by atoms with E-state index < -0.39 is 11.3 Å². The van der Waals surface area contributed by atoms with Crippen molar-refractivity contribution in [2.24, 2.45) is 9.98 Å². The molecule has 8 nitrogen and oxygen atoms in total. The summed E-state index contributed by atoms with van der Waals surface area (Å²) in [5.41, 5.74) is 4.13. The number of nitrogens with zero attached hydrogens (tertiary/aromatic N) is 3. The molecule has 0 fully saturated rings. The van der Waals surface area contributed by atoms with E-state index in [-0.39, 0.29) is 24.1 Å². The Hall–Kier alpha value is -4.24. The molecule has 0 radical (unpaired) electrons. The van der Waals surface area contributed by atoms with Crippen LogP contribution in [0.5, 0.6) is 0 Å². The van der Waals surface area contributed by atoms with Gasteiger partial charge in [0, 0.05) is 17.8 Å². The Bertz CT molecular complexity index is 1470. The highest BCUT2D eigenvalue weighted by Gasteiger charge is 2.43. The van der Waals surface area contributed by atoms with Crippen LogP contribution in [0.2, 0.25) is 0 Å². The molecule has 2 N–H and O–H groups in total. The Labute approximate surface area is 231 Å². The van der Waals surface area contributed by atoms with Gasteiger partial charge in [-0.15, -0.1) is 0 Å². The molecule has 9 heteroatoms. The topological polar surface area (TPSA) is 103 Å². The van der Waals surface area contributed by atoms with Crippen LogP contribution in [0, 0.1) is 6.92 Å². The van der Waals surface area contributed by atoms with Gasteiger partial charge in [0.1, 0.15) is 11.9 Å². The first-order valence-electron chi connectivity index (χ1n) is 12.9. The summed E-state index contributed by atoms with van der Waals surface area (Å²) in [5.74, 6) is -0.293. The predicted molar refractivity (Wildman–Crippen MR) is 155 cm³/mol. The number of nitrogens with one attached hydrogen (secondary N) is 2. The van der Waals surface area contributed by atoms with Gasteiger partial charge in [0.15, 0.2) is 5.17 Å². The molecule has 0 aromatic heterocycles. The first-order valence-corrected chi connectivity index (χ1v) is 13.8. The minimum absolute atomic E-state index is 0.0726. The van der Waals surface area contributed by atoms with E-state index in [4.69, 9.17) is 4.99 Å². The van der Waals surface area contributed by atoms with Crippen molar-refractivity contribution in [3.63, 3.8) is 0 Å². The number of hydrogen-bond acceptors (Lipinski definition) is 6. The molecule has 0 saturated carbocycles. The van der Waals surface area contributed by atoms with E-state index >= 15 is 0 Å². The van der Waals surface area contributed by atoms with E-state index in [1.54, 1.807) is 0 Å². The third kappa shape index (κ3) is 5.93. The first-order chi connectivity index (χ1) is 18.9. The van der Waals surface area contributed by atoms with Gasteiger partial charge in [-0.25, -0.2) is 9.89 Å². The Kier molecular flexibility index (Phi) is 7.88. The molecule has 0 unspecified atom stereocenters. The second kappa shape index (κ2) is 11.7. The number of amides is 3. The average Bonchev–Trinajstić information content (AvgIpc) is 3.27. The highest BCUT2D eigenvalue weighted by atomic mass is 32.2. The van der Waals surface area contributed by atoms with Gasteiger partial charge in [-0.2, -0.15) is 0 Å². The standard InChI is InChI=1S/C30H29N5O3S/c1-3-25(28(37)32-21-13-9-10-19(2)16-21)39-30-34-23-15-8-7-14-22(23)27-33-24(29(38)35(27)30)17-26(36)31-18-20-11-5-4-6-12-20/h4-16,24-25H,3,17-18H2,1-2H3,(H,31,36)(H,32,37)/t24-,25+/m0/s1. The van der Waals surface area contributed by atoms with Crippen molar-refractivity contribution in [3.05, 3.63) is 95.6 Å². The number of fused-ring (bicyclic) bond motifs is 3. The fraction of sp³-hybridized carbons (Fsp3) is 0.233. The molecular weight excluding hydrogens is 510 g/mol. The molecule has 2 aliphatic rings. The highest BCUT2D eigenvalue weighted by molar-refractivity contribution is 8.15. The Morgan fingerprint density at radius 1 is 1.03 bits per heavy atom. The third-order valence-corrected chi connectivity index (χ3v) is 7.77. The fourth-order valence-corrected chi connectivity index (χ4v) is 5.47. The van der Waals surface area contributed by atoms with Crippen LogP contribution in [0.15, 0.2) is 88.8 Å². The molecule has 39 heavy (non-hydrogen) atoms. The summed E-state index contributed by atoms with van der Waals surface area (Å²) in [4.78, 5) is 50.3. The lowest BCUT2D eigenvalue weighted by atomic mass is 10.1. The molecule has 2 atom stereocenters. The lowest BCUT2D eigenvalue weighted by molar-refractivity contribution is -0.128. The average molecular weight is 540 g/mol. The number of carbonyl (C=O) groups excluding carboxylic acids is 3. The highest BCUT2D eigenvalue weighted by Crippen LogP contribution is 2.35. The van der Waals surface area contributed by atoms with Crippen molar-refractivity contribution in [1.82, 2.24) is 10.2 Å². The first kappa shape index (κ1) is 26.4. The summed E-state index contributed by atoms with van der Waals surface area (Å²) in [5, 5.41) is 5.74. The summed E-state index contributed by atoms with van der Waals surface area (Å²) >= 11 is 1.23. The van der Waals surface area contributed by atoms with E-state index in [0.29, 0.717) is 29.7 Å². The molecule has 2 heterocycles. The third-order valence-electron chi connectivity index (χ3n) is 6.46. The SMILES string of the molecule is CC[C@@H](SC1=Nc2ccccc2C2=N[C@@H](CC(=O)NCc3ccccc3)C(=O)N12)C(=O)Nc1cccc(C)c1. The molecule has 3 aromatic carbocycles. The number of anilines is 1. The molecule has 198 valence electrons. The summed E-state index contributed by atoms with van der Waals surface area (Å²) in [6, 6.07) is 23.8. The van der Waals surface area contributed by atoms with Crippen LogP contribution in [0.4, 0.5) is 11.4 Å². The maximum Gasteiger partial charge on any atom is 0.259 e.